The summed E-state index contributed by atoms with van der Waals surface area (Å²) in [5, 5.41) is 0.480. The zero-order valence-corrected chi connectivity index (χ0v) is 11.6. The molecule has 0 amide bonds. The Bertz CT molecular complexity index is 309. The van der Waals surface area contributed by atoms with Crippen LogP contribution in [0.4, 0.5) is 0 Å². The minimum Gasteiger partial charge on any atom is -1.00 e. The van der Waals surface area contributed by atoms with Gasteiger partial charge in [0.1, 0.15) is 0 Å². The Balaban J connectivity index is 0. The zero-order valence-electron chi connectivity index (χ0n) is 7.87. The first-order valence-electron chi connectivity index (χ1n) is 2.98. The molecular formula is C7H8ClKO2S. The second kappa shape index (κ2) is 5.88. The van der Waals surface area contributed by atoms with Crippen molar-refractivity contribution in [3.05, 3.63) is 28.8 Å². The van der Waals surface area contributed by atoms with Crippen LogP contribution in [-0.4, -0.2) is 8.76 Å². The van der Waals surface area contributed by atoms with E-state index in [1.807, 2.05) is 0 Å². The maximum Gasteiger partial charge on any atom is 1.00 e. The van der Waals surface area contributed by atoms with Crippen LogP contribution in [0, 0.1) is 6.92 Å². The van der Waals surface area contributed by atoms with Gasteiger partial charge in [0.25, 0.3) is 0 Å². The molecule has 0 aliphatic heterocycles. The third-order valence-corrected chi connectivity index (χ3v) is 2.39. The van der Waals surface area contributed by atoms with Gasteiger partial charge in [-0.3, -0.25) is 0 Å². The predicted molar refractivity (Wildman–Crippen MR) is 46.3 cm³/mol. The van der Waals surface area contributed by atoms with Gasteiger partial charge in [0.15, 0.2) is 11.1 Å². The van der Waals surface area contributed by atoms with Crippen molar-refractivity contribution in [3.63, 3.8) is 0 Å². The summed E-state index contributed by atoms with van der Waals surface area (Å²) in [5.41, 5.74) is 0.773. The molecule has 12 heavy (non-hydrogen) atoms. The molecule has 1 aromatic rings. The van der Waals surface area contributed by atoms with Crippen LogP contribution in [0.3, 0.4) is 0 Å². The molecule has 1 atom stereocenters. The molecule has 1 N–H and O–H groups in total. The number of halogens is 1. The summed E-state index contributed by atoms with van der Waals surface area (Å²) in [6.45, 7) is 1.76. The van der Waals surface area contributed by atoms with Gasteiger partial charge in [0.05, 0.1) is 4.90 Å². The van der Waals surface area contributed by atoms with Gasteiger partial charge in [-0.25, -0.2) is 4.21 Å². The van der Waals surface area contributed by atoms with Crippen LogP contribution in [0.5, 0.6) is 0 Å². The van der Waals surface area contributed by atoms with Crippen molar-refractivity contribution in [3.8, 4) is 0 Å². The van der Waals surface area contributed by atoms with Gasteiger partial charge in [-0.05, 0) is 24.6 Å². The summed E-state index contributed by atoms with van der Waals surface area (Å²) in [4.78, 5) is 0.373. The van der Waals surface area contributed by atoms with E-state index >= 15 is 0 Å². The Hall–Kier alpha value is 1.26. The molecule has 0 aliphatic rings. The Morgan fingerprint density at radius 3 is 2.58 bits per heavy atom. The molecular weight excluding hydrogens is 223 g/mol. The Morgan fingerprint density at radius 2 is 2.17 bits per heavy atom. The van der Waals surface area contributed by atoms with Gasteiger partial charge in [0.2, 0.25) is 0 Å². The molecule has 0 fully saturated rings. The minimum atomic E-state index is -1.94. The molecule has 0 saturated carbocycles. The van der Waals surface area contributed by atoms with Crippen LogP contribution >= 0.6 is 11.6 Å². The molecule has 0 saturated heterocycles. The summed E-state index contributed by atoms with van der Waals surface area (Å²) in [6, 6.07) is 4.89. The summed E-state index contributed by atoms with van der Waals surface area (Å²) in [7, 11) is 0. The first-order chi connectivity index (χ1) is 5.11. The van der Waals surface area contributed by atoms with Crippen LogP contribution < -0.4 is 51.4 Å². The van der Waals surface area contributed by atoms with E-state index in [1.165, 1.54) is 6.07 Å². The molecule has 0 aliphatic carbocycles. The van der Waals surface area contributed by atoms with Crippen molar-refractivity contribution in [1.82, 2.24) is 0 Å². The third-order valence-electron chi connectivity index (χ3n) is 1.34. The number of benzene rings is 1. The van der Waals surface area contributed by atoms with Crippen molar-refractivity contribution >= 4 is 22.7 Å². The quantitative estimate of drug-likeness (QED) is 0.514. The average molecular weight is 231 g/mol. The molecule has 62 valence electrons. The fourth-order valence-corrected chi connectivity index (χ4v) is 1.57. The number of hydrogen-bond acceptors (Lipinski definition) is 1. The second-order valence-electron chi connectivity index (χ2n) is 2.16. The van der Waals surface area contributed by atoms with Crippen molar-refractivity contribution in [2.45, 2.75) is 11.8 Å². The second-order valence-corrected chi connectivity index (χ2v) is 3.53. The van der Waals surface area contributed by atoms with Crippen LogP contribution in [0.1, 0.15) is 6.99 Å². The van der Waals surface area contributed by atoms with Crippen molar-refractivity contribution in [1.29, 1.82) is 0 Å². The predicted octanol–water partition coefficient (Wildman–Crippen LogP) is -0.654. The summed E-state index contributed by atoms with van der Waals surface area (Å²) in [5.74, 6) is 0. The molecule has 1 aromatic carbocycles. The van der Waals surface area contributed by atoms with E-state index in [2.05, 4.69) is 0 Å². The molecule has 2 nitrogen and oxygen atoms in total. The van der Waals surface area contributed by atoms with E-state index in [0.717, 1.165) is 5.56 Å². The largest absolute Gasteiger partial charge is 1.00 e. The number of hydrogen-bond donors (Lipinski definition) is 1. The Labute approximate surface area is 123 Å². The Kier molecular flexibility index (Phi) is 6.49. The van der Waals surface area contributed by atoms with Crippen molar-refractivity contribution < 1.29 is 61.6 Å². The maximum absolute atomic E-state index is 10.6. The molecule has 0 radical (unpaired) electrons. The molecule has 0 aromatic heterocycles. The maximum atomic E-state index is 10.6. The van der Waals surface area contributed by atoms with Crippen LogP contribution in [0.2, 0.25) is 5.02 Å². The monoisotopic (exact) mass is 230 g/mol. The first kappa shape index (κ1) is 13.3. The molecule has 0 bridgehead atoms. The Morgan fingerprint density at radius 1 is 1.58 bits per heavy atom. The van der Waals surface area contributed by atoms with E-state index in [0.29, 0.717) is 9.92 Å². The van der Waals surface area contributed by atoms with Gasteiger partial charge in [-0.2, -0.15) is 0 Å². The fourth-order valence-electron chi connectivity index (χ4n) is 0.762. The smallest absolute Gasteiger partial charge is 1.00 e. The van der Waals surface area contributed by atoms with Crippen LogP contribution in [0.15, 0.2) is 23.1 Å². The van der Waals surface area contributed by atoms with E-state index in [-0.39, 0.29) is 52.8 Å². The van der Waals surface area contributed by atoms with Gasteiger partial charge >= 0.3 is 51.4 Å². The normalized spacial score (nSPS) is 11.9. The van der Waals surface area contributed by atoms with Crippen molar-refractivity contribution in [2.75, 3.05) is 0 Å². The molecule has 5 heteroatoms. The molecule has 1 unspecified atom stereocenters. The SMILES string of the molecule is Cc1ccc(Cl)cc1S(=O)O.[H-].[K+]. The standard InChI is InChI=1S/C7H7ClO2S.K.H/c1-5-2-3-6(8)4-7(5)11(9)10;;/h2-4H,1H3,(H,9,10);;/q;+1;-1. The number of rotatable bonds is 1. The zero-order chi connectivity index (χ0) is 8.43. The minimum absolute atomic E-state index is 0. The van der Waals surface area contributed by atoms with Gasteiger partial charge < -0.3 is 5.98 Å². The topological polar surface area (TPSA) is 37.3 Å². The van der Waals surface area contributed by atoms with Crippen LogP contribution in [-0.2, 0) is 11.1 Å². The van der Waals surface area contributed by atoms with E-state index in [4.69, 9.17) is 16.2 Å². The van der Waals surface area contributed by atoms with Crippen LogP contribution in [0.25, 0.3) is 0 Å². The first-order valence-corrected chi connectivity index (χ1v) is 4.47. The van der Waals surface area contributed by atoms with E-state index in [9.17, 15) is 4.21 Å². The average Bonchev–Trinajstić information content (AvgIpc) is 1.94. The van der Waals surface area contributed by atoms with E-state index in [1.54, 1.807) is 19.1 Å². The van der Waals surface area contributed by atoms with Gasteiger partial charge in [-0.15, -0.1) is 0 Å². The summed E-state index contributed by atoms with van der Waals surface area (Å²) in [6.07, 6.45) is 0. The van der Waals surface area contributed by atoms with Gasteiger partial charge in [0, 0.05) is 5.02 Å². The molecule has 1 rings (SSSR count). The third kappa shape index (κ3) is 3.55. The number of aryl methyl sites for hydroxylation is 1. The van der Waals surface area contributed by atoms with E-state index < -0.39 is 11.1 Å². The summed E-state index contributed by atoms with van der Waals surface area (Å²) >= 11 is 3.68. The molecule has 0 spiro atoms. The fraction of sp³-hybridized carbons (Fsp3) is 0.143. The van der Waals surface area contributed by atoms with Gasteiger partial charge in [-0.1, -0.05) is 17.7 Å². The van der Waals surface area contributed by atoms with Crippen molar-refractivity contribution in [2.24, 2.45) is 0 Å². The molecule has 0 heterocycles. The summed E-state index contributed by atoms with van der Waals surface area (Å²) < 4.78 is 19.4.